The fourth-order valence-electron chi connectivity index (χ4n) is 3.18. The molecule has 1 aliphatic rings. The number of rotatable bonds is 5. The molecule has 0 amide bonds. The number of nitrogens with zero attached hydrogens (tertiary/aromatic N) is 1. The Balaban J connectivity index is 1.60. The molecule has 0 bridgehead atoms. The molecular weight excluding hydrogens is 419 g/mol. The molecule has 0 aliphatic carbocycles. The Kier molecular flexibility index (Phi) is 5.44. The number of carbonyl (C=O) groups is 1. The summed E-state index contributed by atoms with van der Waals surface area (Å²) >= 11 is 18.7. The molecule has 0 saturated carbocycles. The number of benzene rings is 2. The van der Waals surface area contributed by atoms with Gasteiger partial charge in [0.05, 0.1) is 21.5 Å². The molecule has 142 valence electrons. The Hall–Kier alpha value is -2.27. The van der Waals surface area contributed by atoms with Crippen molar-refractivity contribution in [2.75, 3.05) is 11.9 Å². The van der Waals surface area contributed by atoms with Crippen molar-refractivity contribution < 1.29 is 9.53 Å². The van der Waals surface area contributed by atoms with Crippen LogP contribution in [0.2, 0.25) is 15.1 Å². The minimum atomic E-state index is -0.398. The van der Waals surface area contributed by atoms with Gasteiger partial charge in [-0.2, -0.15) is 0 Å². The van der Waals surface area contributed by atoms with Crippen molar-refractivity contribution in [2.45, 2.75) is 12.5 Å². The maximum absolute atomic E-state index is 13.2. The maximum Gasteiger partial charge on any atom is 0.175 e. The van der Waals surface area contributed by atoms with Crippen LogP contribution < -0.4 is 10.1 Å². The standard InChI is InChI=1S/C21H15Cl3N2O2/c22-13-5-3-12(4-6-13)11-28-17-8-7-16(23)18(19(17)24)20(27)15-10-26-21-14(15)2-1-9-25-21/h1-9,15H,10-11H2,(H,25,26). The molecule has 28 heavy (non-hydrogen) atoms. The molecule has 2 aromatic carbocycles. The summed E-state index contributed by atoms with van der Waals surface area (Å²) in [6, 6.07) is 14.3. The molecule has 0 spiro atoms. The highest BCUT2D eigenvalue weighted by atomic mass is 35.5. The molecule has 1 aromatic heterocycles. The molecule has 1 unspecified atom stereocenters. The van der Waals surface area contributed by atoms with Crippen LogP contribution in [0, 0.1) is 0 Å². The molecule has 2 heterocycles. The molecule has 1 N–H and O–H groups in total. The van der Waals surface area contributed by atoms with E-state index in [4.69, 9.17) is 39.5 Å². The van der Waals surface area contributed by atoms with Crippen LogP contribution in [0.5, 0.6) is 5.75 Å². The van der Waals surface area contributed by atoms with Gasteiger partial charge < -0.3 is 10.1 Å². The number of Topliss-reactive ketones (excluding diaryl/α,β-unsaturated/α-hetero) is 1. The summed E-state index contributed by atoms with van der Waals surface area (Å²) in [7, 11) is 0. The largest absolute Gasteiger partial charge is 0.487 e. The fourth-order valence-corrected chi connectivity index (χ4v) is 3.91. The van der Waals surface area contributed by atoms with Crippen molar-refractivity contribution in [1.29, 1.82) is 0 Å². The number of carbonyl (C=O) groups excluding carboxylic acids is 1. The van der Waals surface area contributed by atoms with Crippen LogP contribution in [0.25, 0.3) is 0 Å². The first-order valence-corrected chi connectivity index (χ1v) is 9.76. The summed E-state index contributed by atoms with van der Waals surface area (Å²) in [6.45, 7) is 0.748. The van der Waals surface area contributed by atoms with E-state index in [1.807, 2.05) is 18.2 Å². The number of aromatic nitrogens is 1. The van der Waals surface area contributed by atoms with E-state index in [-0.39, 0.29) is 16.4 Å². The Morgan fingerprint density at radius 1 is 1.11 bits per heavy atom. The lowest BCUT2D eigenvalue weighted by Crippen LogP contribution is -2.16. The third kappa shape index (κ3) is 3.68. The van der Waals surface area contributed by atoms with Gasteiger partial charge in [-0.15, -0.1) is 0 Å². The molecule has 7 heteroatoms. The minimum Gasteiger partial charge on any atom is -0.487 e. The number of halogens is 3. The van der Waals surface area contributed by atoms with Gasteiger partial charge in [-0.05, 0) is 35.9 Å². The van der Waals surface area contributed by atoms with Gasteiger partial charge in [-0.25, -0.2) is 4.98 Å². The smallest absolute Gasteiger partial charge is 0.175 e. The second kappa shape index (κ2) is 8.00. The van der Waals surface area contributed by atoms with Gasteiger partial charge in [-0.3, -0.25) is 4.79 Å². The first-order valence-electron chi connectivity index (χ1n) is 8.63. The highest BCUT2D eigenvalue weighted by Gasteiger charge is 2.33. The van der Waals surface area contributed by atoms with E-state index in [9.17, 15) is 4.79 Å². The lowest BCUT2D eigenvalue weighted by atomic mass is 9.93. The molecular formula is C21H15Cl3N2O2. The summed E-state index contributed by atoms with van der Waals surface area (Å²) < 4.78 is 5.83. The summed E-state index contributed by atoms with van der Waals surface area (Å²) in [5, 5.41) is 4.31. The molecule has 0 radical (unpaired) electrons. The van der Waals surface area contributed by atoms with Crippen molar-refractivity contribution in [3.05, 3.63) is 86.5 Å². The van der Waals surface area contributed by atoms with Crippen LogP contribution in [-0.2, 0) is 6.61 Å². The van der Waals surface area contributed by atoms with Crippen LogP contribution in [0.4, 0.5) is 5.82 Å². The summed E-state index contributed by atoms with van der Waals surface area (Å²) in [4.78, 5) is 17.5. The number of anilines is 1. The predicted molar refractivity (Wildman–Crippen MR) is 112 cm³/mol. The summed E-state index contributed by atoms with van der Waals surface area (Å²) in [5.41, 5.74) is 2.04. The third-order valence-corrected chi connectivity index (χ3v) is 5.56. The number of nitrogens with one attached hydrogen (secondary N) is 1. The van der Waals surface area contributed by atoms with E-state index < -0.39 is 5.92 Å². The van der Waals surface area contributed by atoms with Crippen molar-refractivity contribution in [1.82, 2.24) is 4.98 Å². The predicted octanol–water partition coefficient (Wildman–Crippen LogP) is 6.01. The van der Waals surface area contributed by atoms with Gasteiger partial charge in [0.15, 0.2) is 5.78 Å². The first-order chi connectivity index (χ1) is 13.5. The Labute approximate surface area is 177 Å². The van der Waals surface area contributed by atoms with E-state index in [0.29, 0.717) is 34.8 Å². The molecule has 3 aromatic rings. The first kappa shape index (κ1) is 19.1. The number of ether oxygens (including phenoxy) is 1. The van der Waals surface area contributed by atoms with Crippen LogP contribution in [0.1, 0.15) is 27.4 Å². The van der Waals surface area contributed by atoms with Gasteiger partial charge in [-0.1, -0.05) is 53.0 Å². The topological polar surface area (TPSA) is 51.2 Å². The highest BCUT2D eigenvalue weighted by Crippen LogP contribution is 2.39. The van der Waals surface area contributed by atoms with E-state index in [0.717, 1.165) is 11.1 Å². The zero-order chi connectivity index (χ0) is 19.7. The zero-order valence-corrected chi connectivity index (χ0v) is 16.9. The Morgan fingerprint density at radius 3 is 2.68 bits per heavy atom. The van der Waals surface area contributed by atoms with Crippen molar-refractivity contribution in [3.63, 3.8) is 0 Å². The van der Waals surface area contributed by atoms with Crippen molar-refractivity contribution in [3.8, 4) is 5.75 Å². The lowest BCUT2D eigenvalue weighted by Gasteiger charge is -2.15. The van der Waals surface area contributed by atoms with Gasteiger partial charge in [0.1, 0.15) is 18.2 Å². The Morgan fingerprint density at radius 2 is 1.89 bits per heavy atom. The Bertz CT molecular complexity index is 1040. The van der Waals surface area contributed by atoms with Crippen LogP contribution in [0.3, 0.4) is 0 Å². The quantitative estimate of drug-likeness (QED) is 0.500. The molecule has 4 rings (SSSR count). The second-order valence-electron chi connectivity index (χ2n) is 6.39. The van der Waals surface area contributed by atoms with Crippen LogP contribution in [-0.4, -0.2) is 17.3 Å². The SMILES string of the molecule is O=C(c1c(Cl)ccc(OCc2ccc(Cl)cc2)c1Cl)C1CNc2ncccc21. The molecule has 1 aliphatic heterocycles. The summed E-state index contributed by atoms with van der Waals surface area (Å²) in [5.74, 6) is 0.557. The highest BCUT2D eigenvalue weighted by molar-refractivity contribution is 6.41. The molecule has 1 atom stereocenters. The normalized spacial score (nSPS) is 15.0. The van der Waals surface area contributed by atoms with Crippen LogP contribution in [0.15, 0.2) is 54.7 Å². The van der Waals surface area contributed by atoms with Gasteiger partial charge in [0.25, 0.3) is 0 Å². The zero-order valence-electron chi connectivity index (χ0n) is 14.6. The fraction of sp³-hybridized carbons (Fsp3) is 0.143. The van der Waals surface area contributed by atoms with Crippen molar-refractivity contribution >= 4 is 46.4 Å². The second-order valence-corrected chi connectivity index (χ2v) is 7.61. The monoisotopic (exact) mass is 432 g/mol. The van der Waals surface area contributed by atoms with Gasteiger partial charge in [0.2, 0.25) is 0 Å². The van der Waals surface area contributed by atoms with Crippen LogP contribution >= 0.6 is 34.8 Å². The van der Waals surface area contributed by atoms with Gasteiger partial charge >= 0.3 is 0 Å². The number of fused-ring (bicyclic) bond motifs is 1. The van der Waals surface area contributed by atoms with Crippen molar-refractivity contribution in [2.24, 2.45) is 0 Å². The number of hydrogen-bond acceptors (Lipinski definition) is 4. The van der Waals surface area contributed by atoms with E-state index >= 15 is 0 Å². The molecule has 4 nitrogen and oxygen atoms in total. The average Bonchev–Trinajstić information content (AvgIpc) is 3.13. The van der Waals surface area contributed by atoms with Gasteiger partial charge in [0, 0.05) is 23.3 Å². The third-order valence-electron chi connectivity index (χ3n) is 4.61. The average molecular weight is 434 g/mol. The number of hydrogen-bond donors (Lipinski definition) is 1. The lowest BCUT2D eigenvalue weighted by molar-refractivity contribution is 0.0966. The van der Waals surface area contributed by atoms with E-state index in [2.05, 4.69) is 10.3 Å². The minimum absolute atomic E-state index is 0.161. The van der Waals surface area contributed by atoms with E-state index in [1.165, 1.54) is 0 Å². The summed E-state index contributed by atoms with van der Waals surface area (Å²) in [6.07, 6.45) is 1.68. The molecule has 0 fully saturated rings. The molecule has 0 saturated heterocycles. The van der Waals surface area contributed by atoms with E-state index in [1.54, 1.807) is 36.5 Å². The number of ketones is 1. The maximum atomic E-state index is 13.2. The number of pyridine rings is 1.